The minimum Gasteiger partial charge on any atom is -0.342 e. The lowest BCUT2D eigenvalue weighted by molar-refractivity contribution is -0.136. The second-order valence-corrected chi connectivity index (χ2v) is 8.19. The molecule has 1 amide bonds. The first-order valence-electron chi connectivity index (χ1n) is 10.4. The van der Waals surface area contributed by atoms with E-state index in [4.69, 9.17) is 4.52 Å². The molecule has 0 bridgehead atoms. The highest BCUT2D eigenvalue weighted by molar-refractivity contribution is 5.82. The zero-order chi connectivity index (χ0) is 22.2. The average Bonchev–Trinajstić information content (AvgIpc) is 3.40. The van der Waals surface area contributed by atoms with Gasteiger partial charge in [-0.2, -0.15) is 18.3 Å². The number of aryl methyl sites for hydroxylation is 1. The molecule has 0 N–H and O–H groups in total. The summed E-state index contributed by atoms with van der Waals surface area (Å²) >= 11 is 0. The number of aromatic nitrogens is 4. The van der Waals surface area contributed by atoms with Crippen LogP contribution in [0.2, 0.25) is 0 Å². The Kier molecular flexibility index (Phi) is 5.72. The van der Waals surface area contributed by atoms with Gasteiger partial charge in [0, 0.05) is 50.1 Å². The van der Waals surface area contributed by atoms with Crippen molar-refractivity contribution >= 4 is 17.0 Å². The van der Waals surface area contributed by atoms with Gasteiger partial charge in [0.25, 0.3) is 5.71 Å². The molecule has 0 radical (unpaired) electrons. The van der Waals surface area contributed by atoms with Crippen molar-refractivity contribution in [1.29, 1.82) is 0 Å². The van der Waals surface area contributed by atoms with Gasteiger partial charge in [-0.1, -0.05) is 19.0 Å². The van der Waals surface area contributed by atoms with Crippen LogP contribution in [0.15, 0.2) is 29.0 Å². The third-order valence-corrected chi connectivity index (χ3v) is 5.66. The summed E-state index contributed by atoms with van der Waals surface area (Å²) in [6.45, 7) is 4.90. The number of alkyl halides is 3. The smallest absolute Gasteiger partial charge is 0.342 e. The number of pyridine rings is 1. The number of piperidine rings is 1. The predicted molar refractivity (Wildman–Crippen MR) is 106 cm³/mol. The molecule has 0 aliphatic carbocycles. The molecule has 1 saturated heterocycles. The van der Waals surface area contributed by atoms with Crippen LogP contribution in [0.1, 0.15) is 61.9 Å². The summed E-state index contributed by atoms with van der Waals surface area (Å²) in [5.41, 5.74) is -0.341. The number of carbonyl (C=O) groups excluding carboxylic acids is 1. The first-order chi connectivity index (χ1) is 14.7. The molecule has 0 aromatic carbocycles. The van der Waals surface area contributed by atoms with Gasteiger partial charge in [0.1, 0.15) is 0 Å². The van der Waals surface area contributed by atoms with Crippen LogP contribution >= 0.6 is 0 Å². The Morgan fingerprint density at radius 2 is 2.16 bits per heavy atom. The Balaban J connectivity index is 1.60. The van der Waals surface area contributed by atoms with Crippen LogP contribution in [0.25, 0.3) is 11.1 Å². The molecule has 1 fully saturated rings. The highest BCUT2D eigenvalue weighted by Gasteiger charge is 2.38. The SMILES string of the molecule is CC(C)c1cc(C(F)(F)F)c2c(C3CCCN(C(=O)CCn4cccn4)C3)noc2n1. The number of rotatable bonds is 5. The molecule has 4 rings (SSSR count). The van der Waals surface area contributed by atoms with Crippen LogP contribution in [0, 0.1) is 0 Å². The Labute approximate surface area is 177 Å². The Bertz CT molecular complexity index is 1060. The Morgan fingerprint density at radius 1 is 1.35 bits per heavy atom. The van der Waals surface area contributed by atoms with E-state index in [1.807, 2.05) is 0 Å². The van der Waals surface area contributed by atoms with Gasteiger partial charge in [0.05, 0.1) is 16.6 Å². The van der Waals surface area contributed by atoms with Crippen molar-refractivity contribution in [2.75, 3.05) is 13.1 Å². The molecule has 1 unspecified atom stereocenters. The van der Waals surface area contributed by atoms with Gasteiger partial charge in [-0.3, -0.25) is 9.48 Å². The van der Waals surface area contributed by atoms with Gasteiger partial charge in [-0.25, -0.2) is 4.98 Å². The zero-order valence-corrected chi connectivity index (χ0v) is 17.4. The van der Waals surface area contributed by atoms with Crippen molar-refractivity contribution in [1.82, 2.24) is 24.8 Å². The maximum absolute atomic E-state index is 13.9. The van der Waals surface area contributed by atoms with E-state index >= 15 is 0 Å². The van der Waals surface area contributed by atoms with E-state index in [1.165, 1.54) is 0 Å². The van der Waals surface area contributed by atoms with Gasteiger partial charge < -0.3 is 9.42 Å². The zero-order valence-electron chi connectivity index (χ0n) is 17.4. The highest BCUT2D eigenvalue weighted by Crippen LogP contribution is 2.40. The normalized spacial score (nSPS) is 17.6. The summed E-state index contributed by atoms with van der Waals surface area (Å²) in [5, 5.41) is 7.98. The number of halogens is 3. The third-order valence-electron chi connectivity index (χ3n) is 5.66. The first kappa shape index (κ1) is 21.3. The van der Waals surface area contributed by atoms with Crippen LogP contribution in [0.5, 0.6) is 0 Å². The lowest BCUT2D eigenvalue weighted by Gasteiger charge is -2.32. The fourth-order valence-electron chi connectivity index (χ4n) is 4.02. The molecule has 7 nitrogen and oxygen atoms in total. The fraction of sp³-hybridized carbons (Fsp3) is 0.524. The molecule has 31 heavy (non-hydrogen) atoms. The highest BCUT2D eigenvalue weighted by atomic mass is 19.4. The molecule has 0 spiro atoms. The molecule has 3 aromatic heterocycles. The van der Waals surface area contributed by atoms with Crippen molar-refractivity contribution in [3.8, 4) is 0 Å². The van der Waals surface area contributed by atoms with Gasteiger partial charge >= 0.3 is 6.18 Å². The standard InChI is InChI=1S/C21H24F3N5O2/c1-13(2)16-11-15(21(22,23)24)18-19(27-31-20(18)26-16)14-5-3-8-28(12-14)17(30)6-10-29-9-4-7-25-29/h4,7,9,11,13-14H,3,5-6,8,10,12H2,1-2H3. The number of amides is 1. The molecular weight excluding hydrogens is 411 g/mol. The number of hydrogen-bond acceptors (Lipinski definition) is 5. The van der Waals surface area contributed by atoms with Gasteiger partial charge in [0.15, 0.2) is 0 Å². The molecule has 10 heteroatoms. The second kappa shape index (κ2) is 8.32. The monoisotopic (exact) mass is 435 g/mol. The van der Waals surface area contributed by atoms with E-state index in [2.05, 4.69) is 15.2 Å². The maximum atomic E-state index is 13.9. The van der Waals surface area contributed by atoms with E-state index in [0.717, 1.165) is 6.07 Å². The van der Waals surface area contributed by atoms with E-state index in [9.17, 15) is 18.0 Å². The van der Waals surface area contributed by atoms with Crippen molar-refractivity contribution in [3.05, 3.63) is 41.5 Å². The Morgan fingerprint density at radius 3 is 2.84 bits per heavy atom. The first-order valence-corrected chi connectivity index (χ1v) is 10.4. The van der Waals surface area contributed by atoms with E-state index in [-0.39, 0.29) is 41.0 Å². The van der Waals surface area contributed by atoms with Gasteiger partial charge in [0.2, 0.25) is 5.91 Å². The van der Waals surface area contributed by atoms with Crippen LogP contribution in [0.4, 0.5) is 13.2 Å². The number of carbonyl (C=O) groups is 1. The van der Waals surface area contributed by atoms with Crippen LogP contribution in [-0.4, -0.2) is 43.8 Å². The predicted octanol–water partition coefficient (Wildman–Crippen LogP) is 4.36. The minimum absolute atomic E-state index is 0.0516. The summed E-state index contributed by atoms with van der Waals surface area (Å²) in [6.07, 6.45) is 0.471. The van der Waals surface area contributed by atoms with Gasteiger partial charge in [-0.05, 0) is 30.9 Å². The second-order valence-electron chi connectivity index (χ2n) is 8.19. The van der Waals surface area contributed by atoms with E-state index in [1.54, 1.807) is 41.9 Å². The molecule has 1 atom stereocenters. The van der Waals surface area contributed by atoms with Crippen molar-refractivity contribution < 1.29 is 22.5 Å². The number of likely N-dealkylation sites (tertiary alicyclic amines) is 1. The lowest BCUT2D eigenvalue weighted by Crippen LogP contribution is -2.39. The van der Waals surface area contributed by atoms with Crippen LogP contribution < -0.4 is 0 Å². The molecular formula is C21H24F3N5O2. The number of fused-ring (bicyclic) bond motifs is 1. The molecule has 4 heterocycles. The summed E-state index contributed by atoms with van der Waals surface area (Å²) in [4.78, 5) is 18.6. The Hall–Kier alpha value is -2.91. The summed E-state index contributed by atoms with van der Waals surface area (Å²) in [6, 6.07) is 2.87. The van der Waals surface area contributed by atoms with Crippen LogP contribution in [-0.2, 0) is 17.5 Å². The van der Waals surface area contributed by atoms with Crippen molar-refractivity contribution in [2.24, 2.45) is 0 Å². The summed E-state index contributed by atoms with van der Waals surface area (Å²) in [7, 11) is 0. The summed E-state index contributed by atoms with van der Waals surface area (Å²) < 4.78 is 48.5. The number of nitrogens with zero attached hydrogens (tertiary/aromatic N) is 5. The lowest BCUT2D eigenvalue weighted by atomic mass is 9.91. The minimum atomic E-state index is -4.56. The molecule has 1 aliphatic rings. The van der Waals surface area contributed by atoms with E-state index < -0.39 is 11.7 Å². The molecule has 1 aliphatic heterocycles. The fourth-order valence-corrected chi connectivity index (χ4v) is 4.02. The maximum Gasteiger partial charge on any atom is 0.417 e. The third kappa shape index (κ3) is 4.42. The van der Waals surface area contributed by atoms with Crippen molar-refractivity contribution in [3.63, 3.8) is 0 Å². The molecule has 0 saturated carbocycles. The van der Waals surface area contributed by atoms with Gasteiger partial charge in [-0.15, -0.1) is 0 Å². The molecule has 166 valence electrons. The summed E-state index contributed by atoms with van der Waals surface area (Å²) in [5.74, 6) is -0.572. The quantitative estimate of drug-likeness (QED) is 0.595. The topological polar surface area (TPSA) is 77.0 Å². The van der Waals surface area contributed by atoms with Crippen LogP contribution in [0.3, 0.4) is 0 Å². The van der Waals surface area contributed by atoms with E-state index in [0.29, 0.717) is 38.2 Å². The average molecular weight is 435 g/mol. The van der Waals surface area contributed by atoms with Crippen molar-refractivity contribution in [2.45, 2.75) is 57.7 Å². The largest absolute Gasteiger partial charge is 0.417 e. The molecule has 3 aromatic rings. The number of hydrogen-bond donors (Lipinski definition) is 0.